The molecule has 3 aliphatic rings. The fourth-order valence-electron chi connectivity index (χ4n) is 7.62. The second-order valence-corrected chi connectivity index (χ2v) is 16.7. The van der Waals surface area contributed by atoms with Gasteiger partial charge in [0.15, 0.2) is 0 Å². The number of allylic oxidation sites excluding steroid dienone is 1. The summed E-state index contributed by atoms with van der Waals surface area (Å²) in [4.78, 5) is 29.3. The fourth-order valence-corrected chi connectivity index (χ4v) is 9.44. The van der Waals surface area contributed by atoms with Crippen molar-refractivity contribution in [3.05, 3.63) is 106 Å². The van der Waals surface area contributed by atoms with Gasteiger partial charge < -0.3 is 14.4 Å². The van der Waals surface area contributed by atoms with Gasteiger partial charge in [0.05, 0.1) is 24.2 Å². The third-order valence-electron chi connectivity index (χ3n) is 10.6. The Morgan fingerprint density at radius 3 is 2.74 bits per heavy atom. The van der Waals surface area contributed by atoms with E-state index in [9.17, 15) is 13.8 Å². The molecule has 1 spiro atoms. The minimum absolute atomic E-state index is 0.0515. The highest BCUT2D eigenvalue weighted by Gasteiger charge is 2.42. The largest absolute Gasteiger partial charge is 0.490 e. The van der Waals surface area contributed by atoms with E-state index in [1.54, 1.807) is 13.2 Å². The lowest BCUT2D eigenvalue weighted by Crippen LogP contribution is -2.47. The van der Waals surface area contributed by atoms with E-state index in [0.717, 1.165) is 35.5 Å². The molecule has 2 amide bonds. The molecule has 3 aromatic carbocycles. The molecule has 3 aromatic rings. The van der Waals surface area contributed by atoms with Gasteiger partial charge in [-0.3, -0.25) is 14.3 Å². The molecular weight excluding hydrogens is 670 g/mol. The number of nitrogens with one attached hydrogen (secondary N) is 1. The van der Waals surface area contributed by atoms with Crippen LogP contribution in [-0.2, 0) is 37.7 Å². The van der Waals surface area contributed by atoms with Gasteiger partial charge in [-0.15, -0.1) is 4.36 Å². The first kappa shape index (κ1) is 36.1. The topological polar surface area (TPSA) is 97.3 Å². The van der Waals surface area contributed by atoms with E-state index in [0.29, 0.717) is 50.3 Å². The summed E-state index contributed by atoms with van der Waals surface area (Å²) in [5, 5.41) is 0.737. The van der Waals surface area contributed by atoms with Gasteiger partial charge in [0.2, 0.25) is 5.91 Å². The second kappa shape index (κ2) is 15.7. The van der Waals surface area contributed by atoms with Crippen LogP contribution in [0, 0.1) is 11.8 Å². The molecule has 1 unspecified atom stereocenters. The van der Waals surface area contributed by atoms with Crippen LogP contribution in [0.5, 0.6) is 5.75 Å². The molecule has 0 aromatic heterocycles. The van der Waals surface area contributed by atoms with Crippen molar-refractivity contribution in [1.29, 1.82) is 0 Å². The van der Waals surface area contributed by atoms with Crippen LogP contribution in [0.1, 0.15) is 73.0 Å². The van der Waals surface area contributed by atoms with E-state index >= 15 is 0 Å². The molecule has 2 bridgehead atoms. The van der Waals surface area contributed by atoms with Crippen LogP contribution < -0.4 is 14.4 Å². The molecule has 6 rings (SSSR count). The number of aryl methyl sites for hydroxylation is 2. The number of fused-ring (bicyclic) bond motifs is 3. The lowest BCUT2D eigenvalue weighted by molar-refractivity contribution is -0.119. The van der Waals surface area contributed by atoms with Gasteiger partial charge in [-0.1, -0.05) is 74.0 Å². The Kier molecular flexibility index (Phi) is 11.4. The molecule has 2 aliphatic heterocycles. The fraction of sp³-hybridized carbons (Fsp3) is 0.450. The third-order valence-corrected chi connectivity index (χ3v) is 12.7. The molecule has 5 atom stereocenters. The minimum atomic E-state index is -3.40. The SMILES string of the molecule is CO[C@H]1/C=C/CCCS(=O)(NC(=O)CCc2ccccc2)=NC(=O)c2ccc3c(c2)N(C[C@H](C)[C@H]1C)C[C@@]1(CCCc2cc(Cl)ccc21)CO3. The first-order valence-corrected chi connectivity index (χ1v) is 19.8. The molecule has 8 nitrogen and oxygen atoms in total. The summed E-state index contributed by atoms with van der Waals surface area (Å²) >= 11 is 6.44. The van der Waals surface area contributed by atoms with E-state index in [2.05, 4.69) is 46.0 Å². The monoisotopic (exact) mass is 717 g/mol. The normalized spacial score (nSPS) is 27.7. The summed E-state index contributed by atoms with van der Waals surface area (Å²) in [5.41, 5.74) is 4.36. The molecule has 1 aliphatic carbocycles. The van der Waals surface area contributed by atoms with Gasteiger partial charge in [0.25, 0.3) is 5.91 Å². The lowest BCUT2D eigenvalue weighted by Gasteiger charge is -2.42. The molecule has 50 heavy (non-hydrogen) atoms. The van der Waals surface area contributed by atoms with Crippen molar-refractivity contribution in [1.82, 2.24) is 4.72 Å². The molecule has 1 N–H and O–H groups in total. The van der Waals surface area contributed by atoms with Crippen molar-refractivity contribution in [3.63, 3.8) is 0 Å². The zero-order chi connectivity index (χ0) is 35.3. The second-order valence-electron chi connectivity index (χ2n) is 14.1. The van der Waals surface area contributed by atoms with E-state index in [1.165, 1.54) is 11.1 Å². The quantitative estimate of drug-likeness (QED) is 0.272. The first-order valence-electron chi connectivity index (χ1n) is 17.7. The number of benzene rings is 3. The zero-order valence-corrected chi connectivity index (χ0v) is 30.8. The average molecular weight is 718 g/mol. The van der Waals surface area contributed by atoms with E-state index < -0.39 is 21.7 Å². The van der Waals surface area contributed by atoms with Crippen LogP contribution in [-0.4, -0.2) is 54.7 Å². The van der Waals surface area contributed by atoms with Crippen molar-refractivity contribution in [2.45, 2.75) is 70.3 Å². The molecule has 0 radical (unpaired) electrons. The zero-order valence-electron chi connectivity index (χ0n) is 29.2. The number of anilines is 1. The lowest BCUT2D eigenvalue weighted by atomic mass is 9.70. The highest BCUT2D eigenvalue weighted by molar-refractivity contribution is 7.92. The van der Waals surface area contributed by atoms with Gasteiger partial charge in [0, 0.05) is 42.6 Å². The minimum Gasteiger partial charge on any atom is -0.490 e. The Labute approximate surface area is 301 Å². The summed E-state index contributed by atoms with van der Waals surface area (Å²) in [6.07, 6.45) is 8.68. The number of nitrogens with zero attached hydrogens (tertiary/aromatic N) is 2. The number of halogens is 1. The summed E-state index contributed by atoms with van der Waals surface area (Å²) in [7, 11) is -1.67. The maximum atomic E-state index is 14.2. The van der Waals surface area contributed by atoms with E-state index in [-0.39, 0.29) is 35.5 Å². The standard InChI is InChI=1S/C40H48ClN3O5S/c1-28-25-44-26-40(21-10-13-31-23-33(41)17-18-34(31)40)27-49-37-19-16-32(24-35(37)44)39(46)43-50(47,22-9-5-8-14-36(48-3)29(28)2)42-38(45)20-15-30-11-6-4-7-12-30/h4,6-8,11-12,14,16-19,23-24,28-29,36H,5,9-10,13,15,20-22,25-27H2,1-3H3,(H,42,43,45,46,47)/b14-8+/t28-,29+,36-,40-,50?/m0/s1. The molecule has 0 saturated heterocycles. The Hall–Kier alpha value is -3.66. The molecule has 0 saturated carbocycles. The number of amides is 2. The highest BCUT2D eigenvalue weighted by Crippen LogP contribution is 2.45. The van der Waals surface area contributed by atoms with Crippen LogP contribution in [0.3, 0.4) is 0 Å². The number of carbonyl (C=O) groups is 2. The maximum Gasteiger partial charge on any atom is 0.286 e. The van der Waals surface area contributed by atoms with Gasteiger partial charge in [-0.25, -0.2) is 4.21 Å². The molecule has 0 fully saturated rings. The van der Waals surface area contributed by atoms with Crippen molar-refractivity contribution >= 4 is 39.0 Å². The number of carbonyl (C=O) groups excluding carboxylic acids is 2. The van der Waals surface area contributed by atoms with Gasteiger partial charge >= 0.3 is 0 Å². The van der Waals surface area contributed by atoms with Crippen LogP contribution in [0.2, 0.25) is 5.02 Å². The molecule has 266 valence electrons. The number of methoxy groups -OCH3 is 1. The molecule has 10 heteroatoms. The Morgan fingerprint density at radius 1 is 1.12 bits per heavy atom. The summed E-state index contributed by atoms with van der Waals surface area (Å²) in [6, 6.07) is 21.2. The smallest absolute Gasteiger partial charge is 0.286 e. The Morgan fingerprint density at radius 2 is 1.94 bits per heavy atom. The summed E-state index contributed by atoms with van der Waals surface area (Å²) in [5.74, 6) is 0.125. The first-order chi connectivity index (χ1) is 24.1. The van der Waals surface area contributed by atoms with E-state index in [4.69, 9.17) is 21.1 Å². The van der Waals surface area contributed by atoms with Crippen LogP contribution >= 0.6 is 11.6 Å². The number of rotatable bonds is 5. The number of hydrogen-bond donors (Lipinski definition) is 1. The van der Waals surface area contributed by atoms with Crippen LogP contribution in [0.4, 0.5) is 5.69 Å². The van der Waals surface area contributed by atoms with Gasteiger partial charge in [-0.05, 0) is 97.4 Å². The molecule has 2 heterocycles. The number of hydrogen-bond acceptors (Lipinski definition) is 6. The predicted octanol–water partition coefficient (Wildman–Crippen LogP) is 7.72. The third kappa shape index (κ3) is 8.27. The van der Waals surface area contributed by atoms with Crippen LogP contribution in [0.25, 0.3) is 0 Å². The van der Waals surface area contributed by atoms with Crippen molar-refractivity contribution in [2.24, 2.45) is 16.2 Å². The van der Waals surface area contributed by atoms with Crippen molar-refractivity contribution in [3.8, 4) is 5.75 Å². The van der Waals surface area contributed by atoms with Crippen molar-refractivity contribution < 1.29 is 23.3 Å². The Balaban J connectivity index is 1.37. The summed E-state index contributed by atoms with van der Waals surface area (Å²) < 4.78 is 33.7. The molecular formula is C40H48ClN3O5S. The maximum absolute atomic E-state index is 14.2. The Bertz CT molecular complexity index is 1860. The highest BCUT2D eigenvalue weighted by atomic mass is 35.5. The number of ether oxygens (including phenoxy) is 2. The van der Waals surface area contributed by atoms with Gasteiger partial charge in [0.1, 0.15) is 15.7 Å². The average Bonchev–Trinajstić information content (AvgIpc) is 3.25. The summed E-state index contributed by atoms with van der Waals surface area (Å²) in [6.45, 7) is 6.37. The van der Waals surface area contributed by atoms with Crippen LogP contribution in [0.15, 0.2) is 83.2 Å². The van der Waals surface area contributed by atoms with E-state index in [1.807, 2.05) is 54.6 Å². The van der Waals surface area contributed by atoms with Gasteiger partial charge in [-0.2, -0.15) is 0 Å². The van der Waals surface area contributed by atoms with Crippen molar-refractivity contribution in [2.75, 3.05) is 37.5 Å². The predicted molar refractivity (Wildman–Crippen MR) is 200 cm³/mol.